The van der Waals surface area contributed by atoms with Gasteiger partial charge in [0, 0.05) is 25.3 Å². The van der Waals surface area contributed by atoms with Crippen LogP contribution in [0.5, 0.6) is 0 Å². The van der Waals surface area contributed by atoms with Crippen molar-refractivity contribution in [2.75, 3.05) is 18.4 Å². The standard InChI is InChI=1S/C24H32N4O/c29-23(28-16-13-20(14-17-28)18-19-8-4-3-5-9-19)22-12-15-25-24(27-22)26-21-10-6-1-2-7-11-21/h3-5,8-9,12,15,20-21H,1-2,6-7,10-11,13-14,16-18H2,(H,25,26,27). The van der Waals surface area contributed by atoms with E-state index in [-0.39, 0.29) is 5.91 Å². The highest BCUT2D eigenvalue weighted by Gasteiger charge is 2.25. The minimum atomic E-state index is 0.0366. The van der Waals surface area contributed by atoms with Crippen molar-refractivity contribution in [3.8, 4) is 0 Å². The molecule has 29 heavy (non-hydrogen) atoms. The molecule has 5 nitrogen and oxygen atoms in total. The number of benzene rings is 1. The highest BCUT2D eigenvalue weighted by atomic mass is 16.2. The zero-order valence-electron chi connectivity index (χ0n) is 17.2. The van der Waals surface area contributed by atoms with Gasteiger partial charge in [0.25, 0.3) is 5.91 Å². The maximum absolute atomic E-state index is 13.0. The summed E-state index contributed by atoms with van der Waals surface area (Å²) in [6.07, 6.45) is 12.4. The maximum Gasteiger partial charge on any atom is 0.272 e. The van der Waals surface area contributed by atoms with E-state index in [1.54, 1.807) is 12.3 Å². The molecule has 2 aromatic rings. The molecule has 1 saturated carbocycles. The summed E-state index contributed by atoms with van der Waals surface area (Å²) >= 11 is 0. The molecule has 1 aliphatic heterocycles. The maximum atomic E-state index is 13.0. The largest absolute Gasteiger partial charge is 0.351 e. The molecule has 1 aromatic heterocycles. The van der Waals surface area contributed by atoms with Gasteiger partial charge in [-0.3, -0.25) is 4.79 Å². The summed E-state index contributed by atoms with van der Waals surface area (Å²) in [7, 11) is 0. The van der Waals surface area contributed by atoms with Gasteiger partial charge in [-0.15, -0.1) is 0 Å². The lowest BCUT2D eigenvalue weighted by Crippen LogP contribution is -2.39. The second-order valence-electron chi connectivity index (χ2n) is 8.52. The zero-order chi connectivity index (χ0) is 19.9. The fourth-order valence-electron chi connectivity index (χ4n) is 4.60. The van der Waals surface area contributed by atoms with Crippen LogP contribution < -0.4 is 5.32 Å². The number of nitrogens with zero attached hydrogens (tertiary/aromatic N) is 3. The molecule has 154 valence electrons. The molecule has 2 heterocycles. The third-order valence-electron chi connectivity index (χ3n) is 6.33. The van der Waals surface area contributed by atoms with Crippen LogP contribution in [-0.4, -0.2) is 39.9 Å². The van der Waals surface area contributed by atoms with E-state index in [9.17, 15) is 4.79 Å². The van der Waals surface area contributed by atoms with Crippen LogP contribution in [0.15, 0.2) is 42.6 Å². The summed E-state index contributed by atoms with van der Waals surface area (Å²) in [5.41, 5.74) is 1.90. The Hall–Kier alpha value is -2.43. The molecule has 5 heteroatoms. The van der Waals surface area contributed by atoms with Crippen molar-refractivity contribution in [2.45, 2.75) is 63.8 Å². The first-order chi connectivity index (χ1) is 14.3. The van der Waals surface area contributed by atoms with Gasteiger partial charge in [-0.2, -0.15) is 0 Å². The minimum Gasteiger partial charge on any atom is -0.351 e. The fraction of sp³-hybridized carbons (Fsp3) is 0.542. The number of amides is 1. The van der Waals surface area contributed by atoms with E-state index in [1.807, 2.05) is 4.90 Å². The fourth-order valence-corrected chi connectivity index (χ4v) is 4.60. The van der Waals surface area contributed by atoms with Gasteiger partial charge in [0.15, 0.2) is 0 Å². The third kappa shape index (κ3) is 5.55. The molecule has 1 aliphatic carbocycles. The van der Waals surface area contributed by atoms with E-state index in [0.29, 0.717) is 23.6 Å². The molecule has 2 fully saturated rings. The van der Waals surface area contributed by atoms with Crippen LogP contribution in [0.2, 0.25) is 0 Å². The van der Waals surface area contributed by atoms with Crippen LogP contribution in [-0.2, 0) is 6.42 Å². The normalized spacial score (nSPS) is 19.0. The monoisotopic (exact) mass is 392 g/mol. The Kier molecular flexibility index (Phi) is 6.75. The quantitative estimate of drug-likeness (QED) is 0.749. The first kappa shape index (κ1) is 19.9. The van der Waals surface area contributed by atoms with Crippen molar-refractivity contribution < 1.29 is 4.79 Å². The summed E-state index contributed by atoms with van der Waals surface area (Å²) in [6, 6.07) is 12.8. The van der Waals surface area contributed by atoms with E-state index in [2.05, 4.69) is 45.6 Å². The van der Waals surface area contributed by atoms with Crippen LogP contribution in [0.25, 0.3) is 0 Å². The second-order valence-corrected chi connectivity index (χ2v) is 8.52. The topological polar surface area (TPSA) is 58.1 Å². The summed E-state index contributed by atoms with van der Waals surface area (Å²) in [6.45, 7) is 1.62. The molecule has 2 aliphatic rings. The molecule has 1 aromatic carbocycles. The first-order valence-corrected chi connectivity index (χ1v) is 11.2. The van der Waals surface area contributed by atoms with Crippen LogP contribution in [0, 0.1) is 5.92 Å². The number of rotatable bonds is 5. The van der Waals surface area contributed by atoms with Crippen molar-refractivity contribution in [1.82, 2.24) is 14.9 Å². The Balaban J connectivity index is 1.31. The van der Waals surface area contributed by atoms with Crippen LogP contribution in [0.3, 0.4) is 0 Å². The average molecular weight is 393 g/mol. The predicted molar refractivity (Wildman–Crippen MR) is 116 cm³/mol. The third-order valence-corrected chi connectivity index (χ3v) is 6.33. The van der Waals surface area contributed by atoms with Gasteiger partial charge in [0.2, 0.25) is 5.95 Å². The minimum absolute atomic E-state index is 0.0366. The Morgan fingerprint density at radius 2 is 1.69 bits per heavy atom. The van der Waals surface area contributed by atoms with Crippen LogP contribution >= 0.6 is 0 Å². The van der Waals surface area contributed by atoms with Crippen molar-refractivity contribution >= 4 is 11.9 Å². The molecule has 1 N–H and O–H groups in total. The van der Waals surface area contributed by atoms with Crippen molar-refractivity contribution in [3.63, 3.8) is 0 Å². The molecule has 4 rings (SSSR count). The number of carbonyl (C=O) groups is 1. The number of aromatic nitrogens is 2. The molecule has 0 bridgehead atoms. The highest BCUT2D eigenvalue weighted by Crippen LogP contribution is 2.23. The Bertz CT molecular complexity index is 778. The summed E-state index contributed by atoms with van der Waals surface area (Å²) in [5, 5.41) is 3.46. The van der Waals surface area contributed by atoms with E-state index >= 15 is 0 Å². The van der Waals surface area contributed by atoms with Crippen molar-refractivity contribution in [2.24, 2.45) is 5.92 Å². The summed E-state index contributed by atoms with van der Waals surface area (Å²) in [4.78, 5) is 23.8. The van der Waals surface area contributed by atoms with Gasteiger partial charge in [-0.25, -0.2) is 9.97 Å². The SMILES string of the molecule is O=C(c1ccnc(NC2CCCCCC2)n1)N1CCC(Cc2ccccc2)CC1. The number of piperidine rings is 1. The van der Waals surface area contributed by atoms with Gasteiger partial charge in [-0.05, 0) is 49.7 Å². The van der Waals surface area contributed by atoms with Crippen LogP contribution in [0.4, 0.5) is 5.95 Å². The number of hydrogen-bond acceptors (Lipinski definition) is 4. The van der Waals surface area contributed by atoms with E-state index in [1.165, 1.54) is 31.2 Å². The summed E-state index contributed by atoms with van der Waals surface area (Å²) in [5.74, 6) is 1.29. The molecular formula is C24H32N4O. The lowest BCUT2D eigenvalue weighted by Gasteiger charge is -2.32. The van der Waals surface area contributed by atoms with E-state index < -0.39 is 0 Å². The number of anilines is 1. The van der Waals surface area contributed by atoms with Gasteiger partial charge in [0.05, 0.1) is 0 Å². The zero-order valence-corrected chi connectivity index (χ0v) is 17.2. The van der Waals surface area contributed by atoms with E-state index in [4.69, 9.17) is 0 Å². The van der Waals surface area contributed by atoms with Crippen molar-refractivity contribution in [1.29, 1.82) is 0 Å². The number of carbonyl (C=O) groups excluding carboxylic acids is 1. The Morgan fingerprint density at radius 3 is 2.41 bits per heavy atom. The molecule has 1 amide bonds. The smallest absolute Gasteiger partial charge is 0.272 e. The van der Waals surface area contributed by atoms with E-state index in [0.717, 1.165) is 45.2 Å². The van der Waals surface area contributed by atoms with Gasteiger partial charge >= 0.3 is 0 Å². The van der Waals surface area contributed by atoms with Crippen LogP contribution in [0.1, 0.15) is 67.4 Å². The molecule has 0 radical (unpaired) electrons. The lowest BCUT2D eigenvalue weighted by molar-refractivity contribution is 0.0684. The predicted octanol–water partition coefficient (Wildman–Crippen LogP) is 4.71. The highest BCUT2D eigenvalue weighted by molar-refractivity contribution is 5.92. The van der Waals surface area contributed by atoms with Gasteiger partial charge in [0.1, 0.15) is 5.69 Å². The van der Waals surface area contributed by atoms with Crippen molar-refractivity contribution in [3.05, 3.63) is 53.9 Å². The van der Waals surface area contributed by atoms with Gasteiger partial charge < -0.3 is 10.2 Å². The lowest BCUT2D eigenvalue weighted by atomic mass is 9.90. The number of hydrogen-bond donors (Lipinski definition) is 1. The van der Waals surface area contributed by atoms with Gasteiger partial charge in [-0.1, -0.05) is 56.0 Å². The Labute approximate surface area is 173 Å². The molecular weight excluding hydrogens is 360 g/mol. The first-order valence-electron chi connectivity index (χ1n) is 11.2. The Morgan fingerprint density at radius 1 is 0.966 bits per heavy atom. The summed E-state index contributed by atoms with van der Waals surface area (Å²) < 4.78 is 0. The molecule has 0 spiro atoms. The molecule has 0 unspecified atom stereocenters. The molecule has 1 saturated heterocycles. The number of nitrogens with one attached hydrogen (secondary N) is 1. The second kappa shape index (κ2) is 9.86. The number of likely N-dealkylation sites (tertiary alicyclic amines) is 1. The molecule has 0 atom stereocenters. The average Bonchev–Trinajstić information content (AvgIpc) is 3.03.